The summed E-state index contributed by atoms with van der Waals surface area (Å²) in [6, 6.07) is 0.0915. The van der Waals surface area contributed by atoms with Gasteiger partial charge in [0.25, 0.3) is 0 Å². The first-order valence-electron chi connectivity index (χ1n) is 7.46. The van der Waals surface area contributed by atoms with Gasteiger partial charge in [-0.15, -0.1) is 0 Å². The molecule has 0 aliphatic carbocycles. The summed E-state index contributed by atoms with van der Waals surface area (Å²) >= 11 is 0. The van der Waals surface area contributed by atoms with Crippen molar-refractivity contribution in [1.29, 1.82) is 0 Å². The molecule has 1 aliphatic rings. The minimum atomic E-state index is -3.12. The van der Waals surface area contributed by atoms with Crippen LogP contribution >= 0.6 is 0 Å². The molecule has 0 aromatic carbocycles. The van der Waals surface area contributed by atoms with E-state index in [0.717, 1.165) is 26.2 Å². The van der Waals surface area contributed by atoms with Crippen molar-refractivity contribution in [2.75, 3.05) is 52.6 Å². The van der Waals surface area contributed by atoms with Crippen molar-refractivity contribution in [3.05, 3.63) is 11.7 Å². The van der Waals surface area contributed by atoms with E-state index in [2.05, 4.69) is 26.9 Å². The zero-order chi connectivity index (χ0) is 16.3. The molecule has 1 aliphatic heterocycles. The van der Waals surface area contributed by atoms with E-state index in [1.165, 1.54) is 4.31 Å². The zero-order valence-electron chi connectivity index (χ0n) is 13.7. The standard InChI is InChI=1S/C13H25N5O3S/c1-11(13-14-12(2)15-21-13)18-7-5-17(6-8-18)9-10-22(19,20)16(3)4/h11H,5-10H2,1-4H3. The van der Waals surface area contributed by atoms with Crippen LogP contribution in [0.3, 0.4) is 0 Å². The molecule has 1 fully saturated rings. The Balaban J connectivity index is 1.81. The number of piperazine rings is 1. The number of hydrogen-bond acceptors (Lipinski definition) is 7. The molecule has 1 aromatic rings. The van der Waals surface area contributed by atoms with Crippen molar-refractivity contribution in [3.63, 3.8) is 0 Å². The quantitative estimate of drug-likeness (QED) is 0.722. The van der Waals surface area contributed by atoms with Crippen LogP contribution in [0, 0.1) is 6.92 Å². The highest BCUT2D eigenvalue weighted by Crippen LogP contribution is 2.19. The van der Waals surface area contributed by atoms with Crippen LogP contribution in [-0.2, 0) is 10.0 Å². The lowest BCUT2D eigenvalue weighted by Gasteiger charge is -2.36. The Hall–Kier alpha value is -1.03. The van der Waals surface area contributed by atoms with Crippen LogP contribution in [0.15, 0.2) is 4.52 Å². The highest BCUT2D eigenvalue weighted by molar-refractivity contribution is 7.89. The molecular weight excluding hydrogens is 306 g/mol. The van der Waals surface area contributed by atoms with E-state index in [4.69, 9.17) is 4.52 Å². The topological polar surface area (TPSA) is 82.8 Å². The van der Waals surface area contributed by atoms with Gasteiger partial charge in [0.05, 0.1) is 11.8 Å². The molecule has 22 heavy (non-hydrogen) atoms. The molecule has 1 saturated heterocycles. The van der Waals surface area contributed by atoms with Crippen LogP contribution in [0.25, 0.3) is 0 Å². The average Bonchev–Trinajstić information content (AvgIpc) is 2.91. The number of nitrogens with zero attached hydrogens (tertiary/aromatic N) is 5. The third-order valence-corrected chi connectivity index (χ3v) is 5.89. The molecule has 0 N–H and O–H groups in total. The summed E-state index contributed by atoms with van der Waals surface area (Å²) < 4.78 is 30.1. The second kappa shape index (κ2) is 7.03. The summed E-state index contributed by atoms with van der Waals surface area (Å²) in [5.74, 6) is 1.45. The molecule has 0 radical (unpaired) electrons. The van der Waals surface area contributed by atoms with E-state index in [1.807, 2.05) is 6.92 Å². The van der Waals surface area contributed by atoms with Crippen molar-refractivity contribution in [1.82, 2.24) is 24.2 Å². The van der Waals surface area contributed by atoms with Gasteiger partial charge in [0.2, 0.25) is 15.9 Å². The lowest BCUT2D eigenvalue weighted by molar-refractivity contribution is 0.0916. The van der Waals surface area contributed by atoms with Crippen molar-refractivity contribution in [3.8, 4) is 0 Å². The number of rotatable bonds is 6. The third-order valence-electron chi connectivity index (χ3n) is 4.08. The fraction of sp³-hybridized carbons (Fsp3) is 0.846. The molecule has 9 heteroatoms. The summed E-state index contributed by atoms with van der Waals surface area (Å²) in [4.78, 5) is 8.74. The van der Waals surface area contributed by atoms with Crippen molar-refractivity contribution in [2.24, 2.45) is 0 Å². The molecule has 0 spiro atoms. The lowest BCUT2D eigenvalue weighted by Crippen LogP contribution is -2.48. The van der Waals surface area contributed by atoms with Crippen molar-refractivity contribution < 1.29 is 12.9 Å². The van der Waals surface area contributed by atoms with E-state index in [1.54, 1.807) is 14.1 Å². The number of aromatic nitrogens is 2. The molecule has 1 atom stereocenters. The fourth-order valence-electron chi connectivity index (χ4n) is 2.44. The molecule has 1 aromatic heterocycles. The maximum absolute atomic E-state index is 11.8. The van der Waals surface area contributed by atoms with Gasteiger partial charge in [-0.1, -0.05) is 5.16 Å². The molecule has 126 valence electrons. The Morgan fingerprint density at radius 1 is 1.27 bits per heavy atom. The van der Waals surface area contributed by atoms with Crippen LogP contribution in [0.1, 0.15) is 24.7 Å². The van der Waals surface area contributed by atoms with Gasteiger partial charge >= 0.3 is 0 Å². The highest BCUT2D eigenvalue weighted by Gasteiger charge is 2.26. The Labute approximate surface area is 132 Å². The van der Waals surface area contributed by atoms with Crippen LogP contribution in [0.4, 0.5) is 0 Å². The molecule has 2 rings (SSSR count). The smallest absolute Gasteiger partial charge is 0.243 e. The molecular formula is C13H25N5O3S. The van der Waals surface area contributed by atoms with Gasteiger partial charge in [-0.05, 0) is 13.8 Å². The number of hydrogen-bond donors (Lipinski definition) is 0. The summed E-state index contributed by atoms with van der Waals surface area (Å²) in [7, 11) is 0.0187. The predicted octanol–water partition coefficient (Wildman–Crippen LogP) is -0.0520. The second-order valence-corrected chi connectivity index (χ2v) is 8.13. The Bertz CT molecular complexity index is 578. The van der Waals surface area contributed by atoms with Gasteiger partial charge in [-0.3, -0.25) is 9.80 Å². The Morgan fingerprint density at radius 3 is 2.41 bits per heavy atom. The van der Waals surface area contributed by atoms with Gasteiger partial charge in [0, 0.05) is 46.8 Å². The monoisotopic (exact) mass is 331 g/mol. The molecule has 0 amide bonds. The maximum Gasteiger partial charge on any atom is 0.243 e. The highest BCUT2D eigenvalue weighted by atomic mass is 32.2. The third kappa shape index (κ3) is 4.25. The summed E-state index contributed by atoms with van der Waals surface area (Å²) in [5, 5.41) is 3.83. The largest absolute Gasteiger partial charge is 0.338 e. The van der Waals surface area contributed by atoms with Crippen molar-refractivity contribution in [2.45, 2.75) is 19.9 Å². The van der Waals surface area contributed by atoms with Crippen LogP contribution < -0.4 is 0 Å². The van der Waals surface area contributed by atoms with E-state index in [-0.39, 0.29) is 11.8 Å². The van der Waals surface area contributed by atoms with E-state index in [0.29, 0.717) is 18.3 Å². The van der Waals surface area contributed by atoms with Crippen LogP contribution in [0.2, 0.25) is 0 Å². The van der Waals surface area contributed by atoms with E-state index in [9.17, 15) is 8.42 Å². The van der Waals surface area contributed by atoms with Crippen LogP contribution in [-0.4, -0.2) is 85.2 Å². The summed E-state index contributed by atoms with van der Waals surface area (Å²) in [6.07, 6.45) is 0. The van der Waals surface area contributed by atoms with Crippen molar-refractivity contribution >= 4 is 10.0 Å². The Kier molecular flexibility index (Phi) is 5.54. The van der Waals surface area contributed by atoms with E-state index >= 15 is 0 Å². The molecule has 8 nitrogen and oxygen atoms in total. The molecule has 0 saturated carbocycles. The number of sulfonamides is 1. The minimum absolute atomic E-state index is 0.0915. The first kappa shape index (κ1) is 17.3. The SMILES string of the molecule is Cc1noc(C(C)N2CCN(CCS(=O)(=O)N(C)C)CC2)n1. The van der Waals surface area contributed by atoms with E-state index < -0.39 is 10.0 Å². The average molecular weight is 331 g/mol. The minimum Gasteiger partial charge on any atom is -0.338 e. The van der Waals surface area contributed by atoms with Crippen LogP contribution in [0.5, 0.6) is 0 Å². The first-order chi connectivity index (χ1) is 10.3. The van der Waals surface area contributed by atoms with Gasteiger partial charge in [-0.25, -0.2) is 12.7 Å². The number of aryl methyl sites for hydroxylation is 1. The fourth-order valence-corrected chi connectivity index (χ4v) is 3.29. The zero-order valence-corrected chi connectivity index (χ0v) is 14.5. The van der Waals surface area contributed by atoms with Gasteiger partial charge in [-0.2, -0.15) is 4.98 Å². The molecule has 2 heterocycles. The van der Waals surface area contributed by atoms with Gasteiger partial charge in [0.15, 0.2) is 5.82 Å². The maximum atomic E-state index is 11.8. The molecule has 0 bridgehead atoms. The summed E-state index contributed by atoms with van der Waals surface area (Å²) in [6.45, 7) is 7.86. The first-order valence-corrected chi connectivity index (χ1v) is 9.07. The lowest BCUT2D eigenvalue weighted by atomic mass is 10.2. The molecule has 1 unspecified atom stereocenters. The normalized spacial score (nSPS) is 19.7. The van der Waals surface area contributed by atoms with Gasteiger partial charge in [0.1, 0.15) is 0 Å². The summed E-state index contributed by atoms with van der Waals surface area (Å²) in [5.41, 5.74) is 0. The second-order valence-electron chi connectivity index (χ2n) is 5.83. The predicted molar refractivity (Wildman–Crippen MR) is 82.9 cm³/mol. The Morgan fingerprint density at radius 2 is 1.91 bits per heavy atom. The van der Waals surface area contributed by atoms with Gasteiger partial charge < -0.3 is 4.52 Å².